The fourth-order valence-electron chi connectivity index (χ4n) is 3.13. The van der Waals surface area contributed by atoms with Crippen LogP contribution in [0.15, 0.2) is 84.4 Å². The summed E-state index contributed by atoms with van der Waals surface area (Å²) in [4.78, 5) is 4.25. The number of benzene rings is 3. The molecule has 0 amide bonds. The van der Waals surface area contributed by atoms with Gasteiger partial charge < -0.3 is 4.74 Å². The van der Waals surface area contributed by atoms with Crippen molar-refractivity contribution in [3.05, 3.63) is 102 Å². The van der Waals surface area contributed by atoms with Gasteiger partial charge in [0.05, 0.1) is 0 Å². The quantitative estimate of drug-likeness (QED) is 0.386. The normalized spacial score (nSPS) is 11.8. The molecule has 0 bridgehead atoms. The average molecular weight is 397 g/mol. The largest absolute Gasteiger partial charge is 0.420 e. The monoisotopic (exact) mass is 396 g/mol. The van der Waals surface area contributed by atoms with Crippen LogP contribution in [-0.2, 0) is 10.2 Å². The van der Waals surface area contributed by atoms with Crippen LogP contribution in [0.3, 0.4) is 0 Å². The predicted molar refractivity (Wildman–Crippen MR) is 127 cm³/mol. The molecule has 0 radical (unpaired) electrons. The highest BCUT2D eigenvalue weighted by atomic mass is 16.5. The molecule has 152 valence electrons. The molecule has 0 aromatic heterocycles. The molecule has 3 aromatic rings. The van der Waals surface area contributed by atoms with Crippen molar-refractivity contribution in [2.45, 2.75) is 26.2 Å². The second kappa shape index (κ2) is 8.91. The molecule has 0 fully saturated rings. The minimum atomic E-state index is 0.0748. The van der Waals surface area contributed by atoms with E-state index in [2.05, 4.69) is 44.5 Å². The van der Waals surface area contributed by atoms with E-state index in [1.165, 1.54) is 5.56 Å². The van der Waals surface area contributed by atoms with Gasteiger partial charge in [-0.3, -0.25) is 10.4 Å². The summed E-state index contributed by atoms with van der Waals surface area (Å²) in [5.74, 6) is 0.508. The summed E-state index contributed by atoms with van der Waals surface area (Å²) in [5.41, 5.74) is 6.19. The summed E-state index contributed by atoms with van der Waals surface area (Å²) in [6.07, 6.45) is 1.83. The van der Waals surface area contributed by atoms with Crippen molar-refractivity contribution in [2.75, 3.05) is 7.05 Å². The van der Waals surface area contributed by atoms with E-state index < -0.39 is 0 Å². The maximum absolute atomic E-state index is 8.34. The molecule has 3 rings (SSSR count). The zero-order valence-corrected chi connectivity index (χ0v) is 18.1. The van der Waals surface area contributed by atoms with Gasteiger partial charge in [-0.1, -0.05) is 82.0 Å². The first-order valence-corrected chi connectivity index (χ1v) is 9.99. The Hall–Kier alpha value is -3.46. The topological polar surface area (TPSA) is 45.4 Å². The third kappa shape index (κ3) is 4.93. The zero-order chi connectivity index (χ0) is 21.7. The maximum Gasteiger partial charge on any atom is 0.223 e. The Morgan fingerprint density at radius 2 is 1.33 bits per heavy atom. The van der Waals surface area contributed by atoms with E-state index in [1.54, 1.807) is 7.05 Å². The predicted octanol–water partition coefficient (Wildman–Crippen LogP) is 6.71. The van der Waals surface area contributed by atoms with Gasteiger partial charge >= 0.3 is 0 Å². The zero-order valence-electron chi connectivity index (χ0n) is 18.1. The highest BCUT2D eigenvalue weighted by Crippen LogP contribution is 2.23. The van der Waals surface area contributed by atoms with Gasteiger partial charge in [-0.05, 0) is 51.9 Å². The molecule has 0 aliphatic rings. The SMILES string of the molecule is C=Cc1ccc(-c2ccc(C(=NC)OC(=N)c3ccc(C(C)(C)C)cc3)cc2)cc1. The molecule has 0 heterocycles. The number of ether oxygens (including phenoxy) is 1. The Morgan fingerprint density at radius 3 is 1.80 bits per heavy atom. The molecular formula is C27H28N2O. The lowest BCUT2D eigenvalue weighted by molar-refractivity contribution is 0.541. The minimum absolute atomic E-state index is 0.0748. The van der Waals surface area contributed by atoms with E-state index in [0.29, 0.717) is 5.90 Å². The third-order valence-electron chi connectivity index (χ3n) is 5.03. The lowest BCUT2D eigenvalue weighted by Crippen LogP contribution is -2.15. The molecule has 0 saturated carbocycles. The molecular weight excluding hydrogens is 368 g/mol. The van der Waals surface area contributed by atoms with Gasteiger partial charge in [-0.15, -0.1) is 0 Å². The summed E-state index contributed by atoms with van der Waals surface area (Å²) in [7, 11) is 1.67. The lowest BCUT2D eigenvalue weighted by atomic mass is 9.87. The van der Waals surface area contributed by atoms with Gasteiger partial charge in [0.1, 0.15) is 0 Å². The number of aliphatic imine (C=N–C) groups is 1. The van der Waals surface area contributed by atoms with Gasteiger partial charge in [-0.25, -0.2) is 0 Å². The van der Waals surface area contributed by atoms with Crippen LogP contribution >= 0.6 is 0 Å². The van der Waals surface area contributed by atoms with E-state index in [1.807, 2.05) is 66.7 Å². The Bertz CT molecular complexity index is 1050. The van der Waals surface area contributed by atoms with E-state index in [4.69, 9.17) is 10.1 Å². The highest BCUT2D eigenvalue weighted by Gasteiger charge is 2.15. The summed E-state index contributed by atoms with van der Waals surface area (Å²) in [5, 5.41) is 8.34. The molecule has 3 heteroatoms. The molecule has 0 spiro atoms. The van der Waals surface area contributed by atoms with Crippen LogP contribution in [0.5, 0.6) is 0 Å². The van der Waals surface area contributed by atoms with E-state index in [0.717, 1.165) is 27.8 Å². The molecule has 0 unspecified atom stereocenters. The molecule has 0 aliphatic carbocycles. The van der Waals surface area contributed by atoms with Gasteiger partial charge in [0.2, 0.25) is 11.8 Å². The first-order valence-electron chi connectivity index (χ1n) is 9.99. The van der Waals surface area contributed by atoms with Crippen LogP contribution in [0.4, 0.5) is 0 Å². The van der Waals surface area contributed by atoms with E-state index in [9.17, 15) is 0 Å². The van der Waals surface area contributed by atoms with Crippen molar-refractivity contribution in [3.63, 3.8) is 0 Å². The van der Waals surface area contributed by atoms with Gasteiger partial charge in [0.15, 0.2) is 0 Å². The fourth-order valence-corrected chi connectivity index (χ4v) is 3.13. The van der Waals surface area contributed by atoms with Crippen LogP contribution < -0.4 is 0 Å². The summed E-state index contributed by atoms with van der Waals surface area (Å²) in [6.45, 7) is 10.3. The summed E-state index contributed by atoms with van der Waals surface area (Å²) in [6, 6.07) is 24.2. The van der Waals surface area contributed by atoms with Crippen molar-refractivity contribution < 1.29 is 4.74 Å². The van der Waals surface area contributed by atoms with Gasteiger partial charge in [0, 0.05) is 18.2 Å². The van der Waals surface area contributed by atoms with Crippen molar-refractivity contribution in [3.8, 4) is 11.1 Å². The van der Waals surface area contributed by atoms with Crippen molar-refractivity contribution >= 4 is 17.9 Å². The van der Waals surface area contributed by atoms with Crippen LogP contribution in [0.25, 0.3) is 17.2 Å². The van der Waals surface area contributed by atoms with E-state index >= 15 is 0 Å². The van der Waals surface area contributed by atoms with Gasteiger partial charge in [-0.2, -0.15) is 0 Å². The van der Waals surface area contributed by atoms with Crippen LogP contribution in [-0.4, -0.2) is 18.8 Å². The molecule has 0 atom stereocenters. The lowest BCUT2D eigenvalue weighted by Gasteiger charge is -2.19. The van der Waals surface area contributed by atoms with Gasteiger partial charge in [0.25, 0.3) is 0 Å². The third-order valence-corrected chi connectivity index (χ3v) is 5.03. The van der Waals surface area contributed by atoms with Crippen molar-refractivity contribution in [2.24, 2.45) is 4.99 Å². The fraction of sp³-hybridized carbons (Fsp3) is 0.185. The molecule has 30 heavy (non-hydrogen) atoms. The standard InChI is InChI=1S/C27H28N2O/c1-6-19-7-9-20(10-8-19)21-11-13-23(14-12-21)26(29-5)30-25(28)22-15-17-24(18-16-22)27(2,3)4/h6-18,28H,1H2,2-5H3. The highest BCUT2D eigenvalue weighted by molar-refractivity contribution is 6.06. The Labute approximate surface area is 179 Å². The second-order valence-electron chi connectivity index (χ2n) is 8.19. The Balaban J connectivity index is 1.74. The number of nitrogens with zero attached hydrogens (tertiary/aromatic N) is 1. The van der Waals surface area contributed by atoms with Crippen molar-refractivity contribution in [1.82, 2.24) is 0 Å². The Morgan fingerprint density at radius 1 is 0.833 bits per heavy atom. The number of hydrogen-bond donors (Lipinski definition) is 1. The molecule has 0 aliphatic heterocycles. The molecule has 1 N–H and O–H groups in total. The van der Waals surface area contributed by atoms with Crippen LogP contribution in [0, 0.1) is 5.41 Å². The Kier molecular flexibility index (Phi) is 6.31. The number of rotatable bonds is 4. The van der Waals surface area contributed by atoms with E-state index in [-0.39, 0.29) is 11.3 Å². The van der Waals surface area contributed by atoms with Crippen molar-refractivity contribution in [1.29, 1.82) is 5.41 Å². The molecule has 3 aromatic carbocycles. The second-order valence-corrected chi connectivity index (χ2v) is 8.19. The minimum Gasteiger partial charge on any atom is -0.420 e. The number of hydrogen-bond acceptors (Lipinski definition) is 3. The molecule has 3 nitrogen and oxygen atoms in total. The maximum atomic E-state index is 8.34. The molecule has 0 saturated heterocycles. The first-order chi connectivity index (χ1) is 14.3. The smallest absolute Gasteiger partial charge is 0.223 e. The summed E-state index contributed by atoms with van der Waals surface area (Å²) >= 11 is 0. The van der Waals surface area contributed by atoms with Crippen LogP contribution in [0.1, 0.15) is 43.0 Å². The first kappa shape index (κ1) is 21.3. The summed E-state index contributed by atoms with van der Waals surface area (Å²) < 4.78 is 5.80. The average Bonchev–Trinajstić information content (AvgIpc) is 2.77. The number of nitrogens with one attached hydrogen (secondary N) is 1. The van der Waals surface area contributed by atoms with Crippen LogP contribution in [0.2, 0.25) is 0 Å².